The maximum Gasteiger partial charge on any atom is 0.317 e. The average molecular weight is 360 g/mol. The van der Waals surface area contributed by atoms with E-state index in [4.69, 9.17) is 0 Å². The molecular weight excluding hydrogens is 322 g/mol. The van der Waals surface area contributed by atoms with Crippen LogP contribution in [0.2, 0.25) is 0 Å². The van der Waals surface area contributed by atoms with Crippen molar-refractivity contribution < 1.29 is 4.79 Å². The molecule has 1 unspecified atom stereocenters. The van der Waals surface area contributed by atoms with Gasteiger partial charge >= 0.3 is 6.03 Å². The lowest BCUT2D eigenvalue weighted by Gasteiger charge is -2.36. The molecule has 0 bridgehead atoms. The lowest BCUT2D eigenvalue weighted by molar-refractivity contribution is 0.179. The minimum Gasteiger partial charge on any atom is -0.334 e. The summed E-state index contributed by atoms with van der Waals surface area (Å²) in [5.41, 5.74) is 4.24. The highest BCUT2D eigenvalue weighted by molar-refractivity contribution is 5.74. The van der Waals surface area contributed by atoms with Crippen molar-refractivity contribution in [2.24, 2.45) is 0 Å². The molecule has 0 saturated carbocycles. The van der Waals surface area contributed by atoms with Crippen molar-refractivity contribution in [1.29, 1.82) is 0 Å². The van der Waals surface area contributed by atoms with E-state index in [-0.39, 0.29) is 6.03 Å². The molecule has 1 atom stereocenters. The van der Waals surface area contributed by atoms with Crippen LogP contribution in [-0.2, 0) is 19.4 Å². The first-order valence-electron chi connectivity index (χ1n) is 10.5. The Labute approximate surface area is 159 Å². The van der Waals surface area contributed by atoms with Crippen molar-refractivity contribution in [3.05, 3.63) is 34.9 Å². The van der Waals surface area contributed by atoms with E-state index in [2.05, 4.69) is 42.3 Å². The van der Waals surface area contributed by atoms with Crippen molar-refractivity contribution in [3.8, 4) is 0 Å². The Bertz CT molecular complexity index is 563. The molecule has 1 N–H and O–H groups in total. The molecule has 4 nitrogen and oxygen atoms in total. The van der Waals surface area contributed by atoms with E-state index in [0.29, 0.717) is 12.6 Å². The molecule has 1 aliphatic carbocycles. The minimum absolute atomic E-state index is 0.0403. The van der Waals surface area contributed by atoms with Gasteiger partial charge in [0.1, 0.15) is 0 Å². The van der Waals surface area contributed by atoms with Crippen LogP contribution < -0.4 is 5.32 Å². The molecule has 146 valence electrons. The number of urea groups is 1. The molecule has 0 aliphatic heterocycles. The molecule has 0 heterocycles. The number of hydrogen-bond acceptors (Lipinski definition) is 2. The maximum absolute atomic E-state index is 12.3. The molecule has 1 aliphatic rings. The third kappa shape index (κ3) is 5.23. The highest BCUT2D eigenvalue weighted by Gasteiger charge is 2.25. The Morgan fingerprint density at radius 1 is 1.12 bits per heavy atom. The molecule has 1 aromatic carbocycles. The van der Waals surface area contributed by atoms with Crippen molar-refractivity contribution in [3.63, 3.8) is 0 Å². The molecule has 0 radical (unpaired) electrons. The van der Waals surface area contributed by atoms with Gasteiger partial charge < -0.3 is 15.1 Å². The topological polar surface area (TPSA) is 35.6 Å². The van der Waals surface area contributed by atoms with Gasteiger partial charge in [-0.1, -0.05) is 32.0 Å². The Morgan fingerprint density at radius 3 is 2.42 bits per heavy atom. The number of nitrogens with one attached hydrogen (secondary N) is 1. The van der Waals surface area contributed by atoms with Gasteiger partial charge in [-0.25, -0.2) is 4.79 Å². The summed E-state index contributed by atoms with van der Waals surface area (Å²) in [7, 11) is 0. The van der Waals surface area contributed by atoms with E-state index in [1.807, 2.05) is 18.7 Å². The number of hydrogen-bond donors (Lipinski definition) is 1. The van der Waals surface area contributed by atoms with Crippen LogP contribution in [-0.4, -0.2) is 48.1 Å². The predicted octanol–water partition coefficient (Wildman–Crippen LogP) is 4.22. The van der Waals surface area contributed by atoms with Gasteiger partial charge in [-0.15, -0.1) is 0 Å². The lowest BCUT2D eigenvalue weighted by Crippen LogP contribution is -2.41. The van der Waals surface area contributed by atoms with E-state index in [1.54, 1.807) is 0 Å². The smallest absolute Gasteiger partial charge is 0.317 e. The van der Waals surface area contributed by atoms with Gasteiger partial charge in [-0.05, 0) is 75.7 Å². The minimum atomic E-state index is 0.0403. The second-order valence-electron chi connectivity index (χ2n) is 7.32. The number of benzene rings is 1. The van der Waals surface area contributed by atoms with Crippen LogP contribution >= 0.6 is 0 Å². The van der Waals surface area contributed by atoms with Gasteiger partial charge in [0.25, 0.3) is 0 Å². The average Bonchev–Trinajstić information content (AvgIpc) is 2.66. The van der Waals surface area contributed by atoms with Crippen LogP contribution in [0, 0.1) is 0 Å². The number of amides is 2. The molecule has 0 fully saturated rings. The fourth-order valence-electron chi connectivity index (χ4n) is 4.17. The first-order valence-corrected chi connectivity index (χ1v) is 10.5. The molecule has 0 saturated heterocycles. The zero-order chi connectivity index (χ0) is 18.9. The van der Waals surface area contributed by atoms with Gasteiger partial charge in [-0.3, -0.25) is 0 Å². The Hall–Kier alpha value is -1.55. The van der Waals surface area contributed by atoms with E-state index in [1.165, 1.54) is 49.0 Å². The van der Waals surface area contributed by atoms with Crippen LogP contribution in [0.4, 0.5) is 4.79 Å². The van der Waals surface area contributed by atoms with Crippen molar-refractivity contribution in [2.75, 3.05) is 26.2 Å². The third-order valence-corrected chi connectivity index (χ3v) is 5.58. The molecule has 0 spiro atoms. The monoisotopic (exact) mass is 359 g/mol. The zero-order valence-corrected chi connectivity index (χ0v) is 17.2. The third-order valence-electron chi connectivity index (χ3n) is 5.58. The van der Waals surface area contributed by atoms with Gasteiger partial charge in [0.15, 0.2) is 0 Å². The number of fused-ring (bicyclic) bond motifs is 1. The fraction of sp³-hybridized carbons (Fsp3) is 0.682. The number of carbonyl (C=O) groups excluding carboxylic acids is 1. The van der Waals surface area contributed by atoms with Crippen molar-refractivity contribution in [1.82, 2.24) is 15.1 Å². The summed E-state index contributed by atoms with van der Waals surface area (Å²) in [4.78, 5) is 16.8. The molecule has 1 aromatic rings. The molecular formula is C22H37N3O. The standard InChI is InChI=1S/C22H37N3O/c1-5-14-25(15-6-2)20-13-12-18-10-9-11-19(21(18)16-20)17-23-22(26)24(7-3)8-4/h9-11,20H,5-8,12-17H2,1-4H3,(H,23,26). The first kappa shape index (κ1) is 20.8. The summed E-state index contributed by atoms with van der Waals surface area (Å²) in [5.74, 6) is 0. The molecule has 26 heavy (non-hydrogen) atoms. The Balaban J connectivity index is 2.09. The van der Waals surface area contributed by atoms with E-state index in [0.717, 1.165) is 25.9 Å². The van der Waals surface area contributed by atoms with Crippen LogP contribution in [0.15, 0.2) is 18.2 Å². The summed E-state index contributed by atoms with van der Waals surface area (Å²) in [6.45, 7) is 13.1. The Morgan fingerprint density at radius 2 is 1.81 bits per heavy atom. The summed E-state index contributed by atoms with van der Waals surface area (Å²) in [6, 6.07) is 7.29. The summed E-state index contributed by atoms with van der Waals surface area (Å²) < 4.78 is 0. The van der Waals surface area contributed by atoms with Crippen molar-refractivity contribution >= 4 is 6.03 Å². The van der Waals surface area contributed by atoms with Gasteiger partial charge in [0.05, 0.1) is 0 Å². The molecule has 2 rings (SSSR count). The quantitative estimate of drug-likeness (QED) is 0.716. The fourth-order valence-corrected chi connectivity index (χ4v) is 4.17. The largest absolute Gasteiger partial charge is 0.334 e. The normalized spacial score (nSPS) is 16.4. The molecule has 4 heteroatoms. The summed E-state index contributed by atoms with van der Waals surface area (Å²) in [6.07, 6.45) is 5.95. The number of rotatable bonds is 9. The highest BCUT2D eigenvalue weighted by atomic mass is 16.2. The van der Waals surface area contributed by atoms with Crippen molar-refractivity contribution in [2.45, 2.75) is 72.4 Å². The van der Waals surface area contributed by atoms with E-state index < -0.39 is 0 Å². The van der Waals surface area contributed by atoms with Gasteiger partial charge in [0.2, 0.25) is 0 Å². The number of nitrogens with zero attached hydrogens (tertiary/aromatic N) is 2. The number of aryl methyl sites for hydroxylation is 1. The lowest BCUT2D eigenvalue weighted by atomic mass is 9.84. The SMILES string of the molecule is CCCN(CCC)C1CCc2cccc(CNC(=O)N(CC)CC)c2C1. The number of carbonyl (C=O) groups is 1. The maximum atomic E-state index is 12.3. The Kier molecular flexibility index (Phi) is 8.43. The van der Waals surface area contributed by atoms with Crippen LogP contribution in [0.5, 0.6) is 0 Å². The predicted molar refractivity (Wildman–Crippen MR) is 110 cm³/mol. The van der Waals surface area contributed by atoms with Crippen LogP contribution in [0.3, 0.4) is 0 Å². The van der Waals surface area contributed by atoms with Crippen LogP contribution in [0.25, 0.3) is 0 Å². The first-order chi connectivity index (χ1) is 12.6. The van der Waals surface area contributed by atoms with Gasteiger partial charge in [-0.2, -0.15) is 0 Å². The second kappa shape index (κ2) is 10.6. The molecule has 0 aromatic heterocycles. The molecule has 2 amide bonds. The van der Waals surface area contributed by atoms with E-state index >= 15 is 0 Å². The second-order valence-corrected chi connectivity index (χ2v) is 7.32. The summed E-state index contributed by atoms with van der Waals surface area (Å²) >= 11 is 0. The van der Waals surface area contributed by atoms with E-state index in [9.17, 15) is 4.79 Å². The highest BCUT2D eigenvalue weighted by Crippen LogP contribution is 2.28. The van der Waals surface area contributed by atoms with Crippen LogP contribution in [0.1, 0.15) is 63.6 Å². The summed E-state index contributed by atoms with van der Waals surface area (Å²) in [5, 5.41) is 3.12. The van der Waals surface area contributed by atoms with Gasteiger partial charge in [0, 0.05) is 25.7 Å². The zero-order valence-electron chi connectivity index (χ0n) is 17.2.